The molecule has 0 unspecified atom stereocenters. The lowest BCUT2D eigenvalue weighted by atomic mass is 9.98. The molecule has 3 rings (SSSR count). The lowest BCUT2D eigenvalue weighted by Gasteiger charge is -2.22. The minimum Gasteiger partial charge on any atom is -0.354 e. The minimum absolute atomic E-state index is 1.01. The van der Waals surface area contributed by atoms with Crippen LogP contribution < -0.4 is 5.32 Å². The first-order chi connectivity index (χ1) is 7.34. The van der Waals surface area contributed by atoms with Gasteiger partial charge >= 0.3 is 0 Å². The van der Waals surface area contributed by atoms with E-state index in [1.807, 2.05) is 0 Å². The molecule has 0 radical (unpaired) electrons. The smallest absolute Gasteiger partial charge is 0.0564 e. The second-order valence-corrected chi connectivity index (χ2v) is 4.59. The average Bonchev–Trinajstić information content (AvgIpc) is 2.27. The molecule has 1 N–H and O–H groups in total. The number of rotatable bonds is 0. The average molecular weight is 260 g/mol. The van der Waals surface area contributed by atoms with Crippen LogP contribution in [0.2, 0.25) is 0 Å². The maximum Gasteiger partial charge on any atom is 0.0564 e. The van der Waals surface area contributed by atoms with Crippen LogP contribution in [0.3, 0.4) is 0 Å². The van der Waals surface area contributed by atoms with Gasteiger partial charge in [0.1, 0.15) is 0 Å². The molecule has 0 spiro atoms. The normalized spacial score (nSPS) is 12.6. The summed E-state index contributed by atoms with van der Waals surface area (Å²) in [5.74, 6) is 0. The molecule has 15 heavy (non-hydrogen) atoms. The van der Waals surface area contributed by atoms with Crippen LogP contribution in [0.25, 0.3) is 0 Å². The molecule has 0 saturated heterocycles. The van der Waals surface area contributed by atoms with E-state index in [0.29, 0.717) is 0 Å². The van der Waals surface area contributed by atoms with Gasteiger partial charge < -0.3 is 5.32 Å². The predicted octanol–water partition coefficient (Wildman–Crippen LogP) is 4.10. The Kier molecular flexibility index (Phi) is 2.03. The van der Waals surface area contributed by atoms with E-state index in [4.69, 9.17) is 0 Å². The first kappa shape index (κ1) is 8.98. The van der Waals surface area contributed by atoms with Gasteiger partial charge in [0.2, 0.25) is 0 Å². The maximum absolute atomic E-state index is 3.57. The molecule has 0 fully saturated rings. The molecule has 1 aliphatic rings. The number of nitrogens with one attached hydrogen (secondary N) is 1. The highest BCUT2D eigenvalue weighted by atomic mass is 79.9. The molecule has 1 nitrogen and oxygen atoms in total. The van der Waals surface area contributed by atoms with E-state index in [0.717, 1.165) is 10.9 Å². The molecule has 1 heterocycles. The summed E-state index contributed by atoms with van der Waals surface area (Å²) in [7, 11) is 0. The summed E-state index contributed by atoms with van der Waals surface area (Å²) >= 11 is 3.57. The summed E-state index contributed by atoms with van der Waals surface area (Å²) in [5, 5.41) is 3.46. The third-order valence-electron chi connectivity index (χ3n) is 2.76. The number of anilines is 2. The van der Waals surface area contributed by atoms with Gasteiger partial charge in [-0.1, -0.05) is 30.3 Å². The van der Waals surface area contributed by atoms with Crippen LogP contribution in [0.1, 0.15) is 11.1 Å². The molecular weight excluding hydrogens is 250 g/mol. The van der Waals surface area contributed by atoms with Gasteiger partial charge in [-0.25, -0.2) is 0 Å². The molecule has 2 aromatic carbocycles. The van der Waals surface area contributed by atoms with Gasteiger partial charge in [-0.2, -0.15) is 0 Å². The molecule has 0 aromatic heterocycles. The molecule has 2 aromatic rings. The third-order valence-corrected chi connectivity index (χ3v) is 3.42. The highest BCUT2D eigenvalue weighted by Crippen LogP contribution is 2.36. The van der Waals surface area contributed by atoms with Crippen LogP contribution in [0.5, 0.6) is 0 Å². The molecule has 74 valence electrons. The Bertz CT molecular complexity index is 520. The summed E-state index contributed by atoms with van der Waals surface area (Å²) in [6, 6.07) is 14.8. The summed E-state index contributed by atoms with van der Waals surface area (Å²) in [6.45, 7) is 0. The molecular formula is C13H10BrN. The van der Waals surface area contributed by atoms with Crippen LogP contribution in [0, 0.1) is 0 Å². The van der Waals surface area contributed by atoms with Gasteiger partial charge in [-0.15, -0.1) is 0 Å². The van der Waals surface area contributed by atoms with Crippen molar-refractivity contribution in [3.63, 3.8) is 0 Å². The van der Waals surface area contributed by atoms with E-state index >= 15 is 0 Å². The summed E-state index contributed by atoms with van der Waals surface area (Å²) < 4.78 is 1.13. The van der Waals surface area contributed by atoms with Crippen molar-refractivity contribution < 1.29 is 0 Å². The zero-order valence-corrected chi connectivity index (χ0v) is 9.71. The molecule has 0 saturated carbocycles. The highest BCUT2D eigenvalue weighted by Gasteiger charge is 2.15. The predicted molar refractivity (Wildman–Crippen MR) is 66.7 cm³/mol. The van der Waals surface area contributed by atoms with E-state index in [-0.39, 0.29) is 0 Å². The zero-order chi connectivity index (χ0) is 10.3. The Balaban J connectivity index is 2.15. The maximum atomic E-state index is 3.57. The fraction of sp³-hybridized carbons (Fsp3) is 0.0769. The second-order valence-electron chi connectivity index (χ2n) is 3.73. The van der Waals surface area contributed by atoms with E-state index < -0.39 is 0 Å². The monoisotopic (exact) mass is 259 g/mol. The van der Waals surface area contributed by atoms with Crippen LogP contribution in [0.15, 0.2) is 46.9 Å². The van der Waals surface area contributed by atoms with Gasteiger partial charge in [0.15, 0.2) is 0 Å². The fourth-order valence-electron chi connectivity index (χ4n) is 1.99. The van der Waals surface area contributed by atoms with Crippen LogP contribution in [-0.4, -0.2) is 0 Å². The SMILES string of the molecule is Brc1cccc2c1Nc1ccccc1C2. The summed E-state index contributed by atoms with van der Waals surface area (Å²) in [5.41, 5.74) is 5.14. The molecule has 0 atom stereocenters. The highest BCUT2D eigenvalue weighted by molar-refractivity contribution is 9.10. The largest absolute Gasteiger partial charge is 0.354 e. The van der Waals surface area contributed by atoms with E-state index in [1.54, 1.807) is 0 Å². The summed E-state index contributed by atoms with van der Waals surface area (Å²) in [6.07, 6.45) is 1.01. The van der Waals surface area contributed by atoms with Crippen molar-refractivity contribution in [2.24, 2.45) is 0 Å². The topological polar surface area (TPSA) is 12.0 Å². The zero-order valence-electron chi connectivity index (χ0n) is 8.13. The van der Waals surface area contributed by atoms with Gasteiger partial charge in [0, 0.05) is 16.6 Å². The second kappa shape index (κ2) is 3.38. The lowest BCUT2D eigenvalue weighted by Crippen LogP contribution is -2.06. The van der Waals surface area contributed by atoms with Crippen LogP contribution in [-0.2, 0) is 6.42 Å². The Morgan fingerprint density at radius 3 is 2.67 bits per heavy atom. The van der Waals surface area contributed by atoms with Gasteiger partial charge in [-0.05, 0) is 39.2 Å². The van der Waals surface area contributed by atoms with Crippen molar-refractivity contribution in [2.75, 3.05) is 5.32 Å². The number of benzene rings is 2. The first-order valence-electron chi connectivity index (χ1n) is 4.97. The van der Waals surface area contributed by atoms with Crippen molar-refractivity contribution >= 4 is 27.3 Å². The molecule has 0 bridgehead atoms. The van der Waals surface area contributed by atoms with E-state index in [1.165, 1.54) is 22.5 Å². The van der Waals surface area contributed by atoms with Crippen molar-refractivity contribution in [3.05, 3.63) is 58.1 Å². The van der Waals surface area contributed by atoms with Crippen molar-refractivity contribution in [1.82, 2.24) is 0 Å². The van der Waals surface area contributed by atoms with Crippen molar-refractivity contribution in [1.29, 1.82) is 0 Å². The quantitative estimate of drug-likeness (QED) is 0.641. The standard InChI is InChI=1S/C13H10BrN/c14-11-6-3-5-10-8-9-4-1-2-7-12(9)15-13(10)11/h1-7,15H,8H2. The number of fused-ring (bicyclic) bond motifs is 2. The van der Waals surface area contributed by atoms with Gasteiger partial charge in [0.05, 0.1) is 5.69 Å². The Labute approximate surface area is 97.3 Å². The lowest BCUT2D eigenvalue weighted by molar-refractivity contribution is 1.15. The Morgan fingerprint density at radius 1 is 0.933 bits per heavy atom. The number of hydrogen-bond donors (Lipinski definition) is 1. The van der Waals surface area contributed by atoms with E-state index in [9.17, 15) is 0 Å². The number of para-hydroxylation sites is 2. The van der Waals surface area contributed by atoms with Crippen molar-refractivity contribution in [2.45, 2.75) is 6.42 Å². The van der Waals surface area contributed by atoms with Crippen LogP contribution in [0.4, 0.5) is 11.4 Å². The molecule has 0 aliphatic carbocycles. The van der Waals surface area contributed by atoms with Gasteiger partial charge in [-0.3, -0.25) is 0 Å². The Hall–Kier alpha value is -1.28. The number of halogens is 1. The Morgan fingerprint density at radius 2 is 1.73 bits per heavy atom. The van der Waals surface area contributed by atoms with E-state index in [2.05, 4.69) is 63.7 Å². The molecule has 1 aliphatic heterocycles. The van der Waals surface area contributed by atoms with Crippen LogP contribution >= 0.6 is 15.9 Å². The third kappa shape index (κ3) is 1.45. The van der Waals surface area contributed by atoms with Crippen molar-refractivity contribution in [3.8, 4) is 0 Å². The minimum atomic E-state index is 1.01. The molecule has 0 amide bonds. The number of hydrogen-bond acceptors (Lipinski definition) is 1. The fourth-order valence-corrected chi connectivity index (χ4v) is 2.50. The summed E-state index contributed by atoms with van der Waals surface area (Å²) in [4.78, 5) is 0. The molecule has 2 heteroatoms. The van der Waals surface area contributed by atoms with Gasteiger partial charge in [0.25, 0.3) is 0 Å². The first-order valence-corrected chi connectivity index (χ1v) is 5.76.